The maximum absolute atomic E-state index is 5.18. The van der Waals surface area contributed by atoms with Crippen LogP contribution in [0.25, 0.3) is 0 Å². The first-order chi connectivity index (χ1) is 4.47. The highest BCUT2D eigenvalue weighted by Crippen LogP contribution is 2.23. The van der Waals surface area contributed by atoms with Crippen molar-refractivity contribution in [1.29, 1.82) is 0 Å². The van der Waals surface area contributed by atoms with Gasteiger partial charge in [0.2, 0.25) is 0 Å². The van der Waals surface area contributed by atoms with Crippen LogP contribution in [0.3, 0.4) is 0 Å². The van der Waals surface area contributed by atoms with E-state index in [9.17, 15) is 0 Å². The van der Waals surface area contributed by atoms with Gasteiger partial charge in [0.25, 0.3) is 0 Å². The lowest BCUT2D eigenvalue weighted by molar-refractivity contribution is -0.0753. The molecule has 1 aliphatic carbocycles. The summed E-state index contributed by atoms with van der Waals surface area (Å²) in [5, 5.41) is 0. The molecule has 0 amide bonds. The topological polar surface area (TPSA) is 18.5 Å². The molecule has 2 aliphatic rings. The highest BCUT2D eigenvalue weighted by molar-refractivity contribution is 5.23. The minimum absolute atomic E-state index is 0.402. The fraction of sp³-hybridized carbons (Fsp3) is 0.429. The smallest absolute Gasteiger partial charge is 0.188 e. The third-order valence-corrected chi connectivity index (χ3v) is 1.58. The molecule has 1 atom stereocenters. The van der Waals surface area contributed by atoms with E-state index in [1.54, 1.807) is 0 Å². The Balaban J connectivity index is 2.16. The van der Waals surface area contributed by atoms with E-state index in [1.807, 2.05) is 12.2 Å². The van der Waals surface area contributed by atoms with E-state index in [1.165, 1.54) is 0 Å². The van der Waals surface area contributed by atoms with Crippen molar-refractivity contribution in [2.75, 3.05) is 13.4 Å². The Labute approximate surface area is 53.8 Å². The molecule has 1 fully saturated rings. The van der Waals surface area contributed by atoms with Crippen LogP contribution in [-0.4, -0.2) is 13.4 Å². The summed E-state index contributed by atoms with van der Waals surface area (Å²) in [5.74, 6) is 1.46. The highest BCUT2D eigenvalue weighted by atomic mass is 16.7. The number of hydrogen-bond donors (Lipinski definition) is 0. The van der Waals surface area contributed by atoms with E-state index in [-0.39, 0.29) is 0 Å². The monoisotopic (exact) mass is 124 g/mol. The lowest BCUT2D eigenvalue weighted by Crippen LogP contribution is -2.18. The Kier molecular flexibility index (Phi) is 1.06. The molecule has 0 N–H and O–H groups in total. The normalized spacial score (nSPS) is 31.1. The lowest BCUT2D eigenvalue weighted by Gasteiger charge is -2.20. The predicted octanol–water partition coefficient (Wildman–Crippen LogP) is 1.06. The van der Waals surface area contributed by atoms with Crippen LogP contribution >= 0.6 is 0 Å². The average Bonchev–Trinajstić information content (AvgIpc) is 2.33. The van der Waals surface area contributed by atoms with Crippen molar-refractivity contribution >= 4 is 0 Å². The molecule has 0 saturated carbocycles. The van der Waals surface area contributed by atoms with Crippen LogP contribution < -0.4 is 0 Å². The van der Waals surface area contributed by atoms with E-state index in [0.29, 0.717) is 12.7 Å². The molecule has 1 heterocycles. The summed E-state index contributed by atoms with van der Waals surface area (Å²) in [5.41, 5.74) is 0. The van der Waals surface area contributed by atoms with Gasteiger partial charge in [-0.25, -0.2) is 0 Å². The van der Waals surface area contributed by atoms with Gasteiger partial charge in [0.05, 0.1) is 12.5 Å². The van der Waals surface area contributed by atoms with Crippen molar-refractivity contribution in [3.63, 3.8) is 0 Å². The molecule has 0 spiro atoms. The van der Waals surface area contributed by atoms with Gasteiger partial charge in [-0.1, -0.05) is 12.2 Å². The molecule has 48 valence electrons. The van der Waals surface area contributed by atoms with Crippen LogP contribution in [0.5, 0.6) is 0 Å². The minimum Gasteiger partial charge on any atom is -0.471 e. The maximum Gasteiger partial charge on any atom is 0.188 e. The van der Waals surface area contributed by atoms with E-state index in [4.69, 9.17) is 9.47 Å². The number of fused-ring (bicyclic) bond motifs is 1. The number of allylic oxidation sites excluding steroid dienone is 2. The quantitative estimate of drug-likeness (QED) is 0.480. The van der Waals surface area contributed by atoms with Gasteiger partial charge in [-0.05, 0) is 6.08 Å². The van der Waals surface area contributed by atoms with Gasteiger partial charge in [0.1, 0.15) is 5.76 Å². The third-order valence-electron chi connectivity index (χ3n) is 1.58. The number of rotatable bonds is 0. The van der Waals surface area contributed by atoms with Gasteiger partial charge < -0.3 is 9.47 Å². The first-order valence-electron chi connectivity index (χ1n) is 3.06. The first kappa shape index (κ1) is 5.06. The summed E-state index contributed by atoms with van der Waals surface area (Å²) in [7, 11) is 0. The van der Waals surface area contributed by atoms with Gasteiger partial charge in [-0.2, -0.15) is 0 Å². The van der Waals surface area contributed by atoms with E-state index >= 15 is 0 Å². The lowest BCUT2D eigenvalue weighted by atomic mass is 10.1. The average molecular weight is 124 g/mol. The molecule has 2 rings (SSSR count). The van der Waals surface area contributed by atoms with Crippen LogP contribution in [0, 0.1) is 5.92 Å². The van der Waals surface area contributed by atoms with Gasteiger partial charge >= 0.3 is 0 Å². The zero-order chi connectivity index (χ0) is 6.10. The van der Waals surface area contributed by atoms with Crippen molar-refractivity contribution in [2.24, 2.45) is 5.92 Å². The van der Waals surface area contributed by atoms with Gasteiger partial charge in [0, 0.05) is 0 Å². The third kappa shape index (κ3) is 0.754. The van der Waals surface area contributed by atoms with Gasteiger partial charge in [-0.15, -0.1) is 0 Å². The summed E-state index contributed by atoms with van der Waals surface area (Å²) >= 11 is 0. The molecule has 1 unspecified atom stereocenters. The first-order valence-corrected chi connectivity index (χ1v) is 3.06. The zero-order valence-electron chi connectivity index (χ0n) is 5.04. The van der Waals surface area contributed by atoms with Crippen LogP contribution in [-0.2, 0) is 9.47 Å². The van der Waals surface area contributed by atoms with Crippen LogP contribution in [0.1, 0.15) is 0 Å². The van der Waals surface area contributed by atoms with Crippen molar-refractivity contribution in [3.8, 4) is 0 Å². The molecule has 0 radical (unpaired) electrons. The number of ether oxygens (including phenoxy) is 2. The predicted molar refractivity (Wildman–Crippen MR) is 32.6 cm³/mol. The molecule has 0 aromatic carbocycles. The minimum atomic E-state index is 0.402. The maximum atomic E-state index is 5.18. The largest absolute Gasteiger partial charge is 0.471 e. The molecule has 9 heavy (non-hydrogen) atoms. The Morgan fingerprint density at radius 2 is 2.56 bits per heavy atom. The Bertz CT molecular complexity index is 170. The molecule has 0 aromatic heterocycles. The second-order valence-electron chi connectivity index (χ2n) is 2.19. The molecule has 1 aliphatic heterocycles. The summed E-state index contributed by atoms with van der Waals surface area (Å²) in [6.07, 6.45) is 6.09. The molecule has 0 bridgehead atoms. The zero-order valence-corrected chi connectivity index (χ0v) is 5.04. The second-order valence-corrected chi connectivity index (χ2v) is 2.19. The van der Waals surface area contributed by atoms with Crippen molar-refractivity contribution in [1.82, 2.24) is 0 Å². The van der Waals surface area contributed by atoms with Crippen LogP contribution in [0.15, 0.2) is 24.0 Å². The van der Waals surface area contributed by atoms with Crippen LogP contribution in [0.2, 0.25) is 0 Å². The molecule has 1 saturated heterocycles. The van der Waals surface area contributed by atoms with Crippen molar-refractivity contribution in [3.05, 3.63) is 24.0 Å². The van der Waals surface area contributed by atoms with E-state index < -0.39 is 0 Å². The van der Waals surface area contributed by atoms with Crippen LogP contribution in [0.4, 0.5) is 0 Å². The fourth-order valence-corrected chi connectivity index (χ4v) is 1.08. The summed E-state index contributed by atoms with van der Waals surface area (Å²) in [6.45, 7) is 1.20. The summed E-state index contributed by atoms with van der Waals surface area (Å²) in [6, 6.07) is 0. The molecule has 2 nitrogen and oxygen atoms in total. The van der Waals surface area contributed by atoms with Gasteiger partial charge in [0.15, 0.2) is 6.79 Å². The van der Waals surface area contributed by atoms with Gasteiger partial charge in [-0.3, -0.25) is 0 Å². The highest BCUT2D eigenvalue weighted by Gasteiger charge is 2.19. The fourth-order valence-electron chi connectivity index (χ4n) is 1.08. The summed E-state index contributed by atoms with van der Waals surface area (Å²) < 4.78 is 10.2. The second kappa shape index (κ2) is 1.88. The Hall–Kier alpha value is -0.760. The molecular formula is C7H8O2. The van der Waals surface area contributed by atoms with E-state index in [0.717, 1.165) is 12.4 Å². The SMILES string of the molecule is C1=CC2COCOC2=C1. The molecular weight excluding hydrogens is 116 g/mol. The Morgan fingerprint density at radius 3 is 3.44 bits per heavy atom. The number of hydrogen-bond acceptors (Lipinski definition) is 2. The molecule has 2 heteroatoms. The Morgan fingerprint density at radius 1 is 1.56 bits per heavy atom. The standard InChI is InChI=1S/C7H8O2/c1-2-6-4-8-5-9-7(6)3-1/h1-3,6H,4-5H2. The van der Waals surface area contributed by atoms with E-state index in [2.05, 4.69) is 6.08 Å². The van der Waals surface area contributed by atoms with Crippen molar-refractivity contribution < 1.29 is 9.47 Å². The molecule has 0 aromatic rings. The van der Waals surface area contributed by atoms with Crippen molar-refractivity contribution in [2.45, 2.75) is 0 Å². The summed E-state index contributed by atoms with van der Waals surface area (Å²) in [4.78, 5) is 0.